The lowest BCUT2D eigenvalue weighted by Gasteiger charge is -2.34. The highest BCUT2D eigenvalue weighted by atomic mass is 15.2. The fourth-order valence-corrected chi connectivity index (χ4v) is 4.17. The van der Waals surface area contributed by atoms with Crippen LogP contribution in [0.1, 0.15) is 22.3 Å². The van der Waals surface area contributed by atoms with Crippen LogP contribution in [0.15, 0.2) is 85.5 Å². The molecule has 4 heteroatoms. The van der Waals surface area contributed by atoms with E-state index in [0.29, 0.717) is 5.56 Å². The fraction of sp³-hybridized carbons (Fsp3) is 0.0870. The maximum absolute atomic E-state index is 9.20. The zero-order valence-electron chi connectivity index (χ0n) is 14.6. The second kappa shape index (κ2) is 5.93. The highest BCUT2D eigenvalue weighted by Gasteiger charge is 2.44. The van der Waals surface area contributed by atoms with Gasteiger partial charge in [0.05, 0.1) is 11.6 Å². The van der Waals surface area contributed by atoms with Crippen LogP contribution in [0, 0.1) is 11.3 Å². The summed E-state index contributed by atoms with van der Waals surface area (Å²) in [6, 6.07) is 22.6. The summed E-state index contributed by atoms with van der Waals surface area (Å²) in [6.07, 6.45) is 8.37. The largest absolute Gasteiger partial charge is 0.316 e. The molecule has 0 fully saturated rings. The van der Waals surface area contributed by atoms with Gasteiger partial charge in [-0.3, -0.25) is 4.98 Å². The van der Waals surface area contributed by atoms with Gasteiger partial charge in [-0.1, -0.05) is 42.5 Å². The van der Waals surface area contributed by atoms with Crippen LogP contribution in [0.4, 0.5) is 0 Å². The van der Waals surface area contributed by atoms with E-state index in [1.54, 1.807) is 6.20 Å². The summed E-state index contributed by atoms with van der Waals surface area (Å²) in [6.45, 7) is 0. The first-order chi connectivity index (χ1) is 13.3. The van der Waals surface area contributed by atoms with Crippen LogP contribution in [0.2, 0.25) is 0 Å². The molecular formula is C23H16N4. The van der Waals surface area contributed by atoms with Crippen LogP contribution in [-0.2, 0) is 12.0 Å². The van der Waals surface area contributed by atoms with Gasteiger partial charge in [0.15, 0.2) is 0 Å². The van der Waals surface area contributed by atoms with E-state index in [9.17, 15) is 5.26 Å². The number of aromatic nitrogens is 3. The molecular weight excluding hydrogens is 332 g/mol. The van der Waals surface area contributed by atoms with Crippen molar-refractivity contribution in [2.75, 3.05) is 0 Å². The molecule has 0 bridgehead atoms. The average Bonchev–Trinajstić information content (AvgIpc) is 3.31. The Hall–Kier alpha value is -3.71. The Bertz CT molecular complexity index is 1150. The topological polar surface area (TPSA) is 54.5 Å². The van der Waals surface area contributed by atoms with Crippen molar-refractivity contribution in [2.24, 2.45) is 0 Å². The summed E-state index contributed by atoms with van der Waals surface area (Å²) >= 11 is 0. The van der Waals surface area contributed by atoms with Gasteiger partial charge in [0.25, 0.3) is 0 Å². The summed E-state index contributed by atoms with van der Waals surface area (Å²) in [4.78, 5) is 8.94. The van der Waals surface area contributed by atoms with E-state index < -0.39 is 5.54 Å². The Morgan fingerprint density at radius 3 is 2.59 bits per heavy atom. The van der Waals surface area contributed by atoms with Crippen LogP contribution < -0.4 is 0 Å². The Morgan fingerprint density at radius 2 is 1.81 bits per heavy atom. The summed E-state index contributed by atoms with van der Waals surface area (Å²) in [5.74, 6) is 0.971. The smallest absolute Gasteiger partial charge is 0.141 e. The lowest BCUT2D eigenvalue weighted by molar-refractivity contribution is 0.449. The highest BCUT2D eigenvalue weighted by molar-refractivity contribution is 5.71. The molecule has 1 atom stereocenters. The first-order valence-corrected chi connectivity index (χ1v) is 8.86. The Morgan fingerprint density at radius 1 is 0.963 bits per heavy atom. The Balaban J connectivity index is 1.81. The number of fused-ring (bicyclic) bond motifs is 3. The molecule has 1 aliphatic heterocycles. The third kappa shape index (κ3) is 2.22. The standard InChI is InChI=1S/C23H16N4/c24-15-17-7-9-19(10-8-17)23(14-18-4-3-11-25-16-18)21-6-2-1-5-20(21)22-26-12-13-27(22)23/h1-13,16H,14H2. The van der Waals surface area contributed by atoms with Crippen molar-refractivity contribution in [2.45, 2.75) is 12.0 Å². The molecule has 3 heterocycles. The highest BCUT2D eigenvalue weighted by Crippen LogP contribution is 2.48. The van der Waals surface area contributed by atoms with Crippen molar-refractivity contribution < 1.29 is 0 Å². The molecule has 0 amide bonds. The molecule has 128 valence electrons. The lowest BCUT2D eigenvalue weighted by atomic mass is 9.78. The van der Waals surface area contributed by atoms with Crippen molar-refractivity contribution in [3.63, 3.8) is 0 Å². The molecule has 0 saturated carbocycles. The van der Waals surface area contributed by atoms with E-state index >= 15 is 0 Å². The quantitative estimate of drug-likeness (QED) is 0.558. The summed E-state index contributed by atoms with van der Waals surface area (Å²) < 4.78 is 2.26. The van der Waals surface area contributed by atoms with Crippen molar-refractivity contribution >= 4 is 0 Å². The van der Waals surface area contributed by atoms with Gasteiger partial charge in [-0.15, -0.1) is 0 Å². The number of pyridine rings is 1. The van der Waals surface area contributed by atoms with Gasteiger partial charge in [-0.2, -0.15) is 5.26 Å². The van der Waals surface area contributed by atoms with Crippen LogP contribution >= 0.6 is 0 Å². The fourth-order valence-electron chi connectivity index (χ4n) is 4.17. The van der Waals surface area contributed by atoms with Gasteiger partial charge in [-0.05, 0) is 34.9 Å². The minimum absolute atomic E-state index is 0.417. The summed E-state index contributed by atoms with van der Waals surface area (Å²) in [7, 11) is 0. The molecule has 0 N–H and O–H groups in total. The van der Waals surface area contributed by atoms with Crippen molar-refractivity contribution in [1.29, 1.82) is 5.26 Å². The van der Waals surface area contributed by atoms with Gasteiger partial charge >= 0.3 is 0 Å². The Labute approximate surface area is 157 Å². The number of hydrogen-bond donors (Lipinski definition) is 0. The summed E-state index contributed by atoms with van der Waals surface area (Å²) in [5, 5.41) is 9.20. The molecule has 4 aromatic rings. The number of nitrogens with zero attached hydrogens (tertiary/aromatic N) is 4. The number of nitriles is 1. The molecule has 27 heavy (non-hydrogen) atoms. The molecule has 1 unspecified atom stereocenters. The molecule has 2 aromatic carbocycles. The van der Waals surface area contributed by atoms with Gasteiger partial charge in [0, 0.05) is 36.8 Å². The van der Waals surface area contributed by atoms with Crippen molar-refractivity contribution in [3.8, 4) is 17.5 Å². The maximum Gasteiger partial charge on any atom is 0.141 e. The normalized spacial score (nSPS) is 17.1. The molecule has 1 aliphatic rings. The maximum atomic E-state index is 9.20. The minimum Gasteiger partial charge on any atom is -0.316 e. The lowest BCUT2D eigenvalue weighted by Crippen LogP contribution is -2.35. The van der Waals surface area contributed by atoms with Gasteiger partial charge in [0.2, 0.25) is 0 Å². The predicted molar refractivity (Wildman–Crippen MR) is 103 cm³/mol. The summed E-state index contributed by atoms with van der Waals surface area (Å²) in [5.41, 5.74) is 4.90. The number of benzene rings is 2. The zero-order valence-corrected chi connectivity index (χ0v) is 14.6. The van der Waals surface area contributed by atoms with Crippen LogP contribution in [-0.4, -0.2) is 14.5 Å². The van der Waals surface area contributed by atoms with Crippen LogP contribution in [0.3, 0.4) is 0 Å². The van der Waals surface area contributed by atoms with E-state index in [0.717, 1.165) is 28.9 Å². The second-order valence-corrected chi connectivity index (χ2v) is 6.75. The van der Waals surface area contributed by atoms with Crippen molar-refractivity contribution in [1.82, 2.24) is 14.5 Å². The zero-order chi connectivity index (χ0) is 18.3. The van der Waals surface area contributed by atoms with Gasteiger partial charge < -0.3 is 4.57 Å². The van der Waals surface area contributed by atoms with E-state index in [4.69, 9.17) is 0 Å². The molecule has 0 saturated heterocycles. The minimum atomic E-state index is -0.417. The third-order valence-corrected chi connectivity index (χ3v) is 5.34. The molecule has 0 spiro atoms. The van der Waals surface area contributed by atoms with Crippen LogP contribution in [0.5, 0.6) is 0 Å². The third-order valence-electron chi connectivity index (χ3n) is 5.34. The number of hydrogen-bond acceptors (Lipinski definition) is 3. The van der Waals surface area contributed by atoms with E-state index in [1.807, 2.05) is 36.8 Å². The van der Waals surface area contributed by atoms with Gasteiger partial charge in [0.1, 0.15) is 11.4 Å². The monoisotopic (exact) mass is 348 g/mol. The van der Waals surface area contributed by atoms with Gasteiger partial charge in [-0.25, -0.2) is 4.98 Å². The second-order valence-electron chi connectivity index (χ2n) is 6.75. The number of imidazole rings is 1. The molecule has 2 aromatic heterocycles. The molecule has 0 aliphatic carbocycles. The molecule has 0 radical (unpaired) electrons. The van der Waals surface area contributed by atoms with E-state index in [1.165, 1.54) is 5.56 Å². The van der Waals surface area contributed by atoms with E-state index in [2.05, 4.69) is 63.1 Å². The van der Waals surface area contributed by atoms with Crippen molar-refractivity contribution in [3.05, 3.63) is 108 Å². The molecule has 5 rings (SSSR count). The average molecular weight is 348 g/mol. The molecule has 4 nitrogen and oxygen atoms in total. The predicted octanol–water partition coefficient (Wildman–Crippen LogP) is 4.16. The van der Waals surface area contributed by atoms with Crippen LogP contribution in [0.25, 0.3) is 11.4 Å². The SMILES string of the molecule is N#Cc1ccc(C2(Cc3cccnc3)c3ccccc3-c3nccn32)cc1. The first kappa shape index (κ1) is 15.5. The number of rotatable bonds is 3. The Kier molecular flexibility index (Phi) is 3.41. The van der Waals surface area contributed by atoms with E-state index in [-0.39, 0.29) is 0 Å². The first-order valence-electron chi connectivity index (χ1n) is 8.86.